The molecule has 3 unspecified atom stereocenters. The molecule has 0 radical (unpaired) electrons. The molecule has 2 aliphatic rings. The fourth-order valence-corrected chi connectivity index (χ4v) is 4.62. The summed E-state index contributed by atoms with van der Waals surface area (Å²) < 4.78 is 84.4. The second-order valence-corrected chi connectivity index (χ2v) is 8.67. The van der Waals surface area contributed by atoms with Gasteiger partial charge in [0, 0.05) is 19.1 Å². The Balaban J connectivity index is 1.74. The number of nitrogens with zero attached hydrogens (tertiary/aromatic N) is 1. The van der Waals surface area contributed by atoms with Crippen LogP contribution in [0, 0.1) is 0 Å². The number of halogens is 6. The minimum absolute atomic E-state index is 0.0751. The van der Waals surface area contributed by atoms with Crippen LogP contribution in [-0.4, -0.2) is 47.1 Å². The van der Waals surface area contributed by atoms with Gasteiger partial charge in [0.1, 0.15) is 0 Å². The fourth-order valence-electron chi connectivity index (χ4n) is 4.62. The zero-order valence-electron chi connectivity index (χ0n) is 17.3. The smallest absolute Gasteiger partial charge is 0.382 e. The molecule has 2 saturated carbocycles. The third-order valence-electron chi connectivity index (χ3n) is 6.23. The summed E-state index contributed by atoms with van der Waals surface area (Å²) in [6.45, 7) is -0.779. The van der Waals surface area contributed by atoms with Crippen LogP contribution in [0.3, 0.4) is 0 Å². The summed E-state index contributed by atoms with van der Waals surface area (Å²) in [7, 11) is 0. The molecule has 0 bridgehead atoms. The number of aliphatic hydroxyl groups excluding tert-OH is 1. The van der Waals surface area contributed by atoms with Crippen molar-refractivity contribution in [3.63, 3.8) is 0 Å². The zero-order chi connectivity index (χ0) is 22.6. The molecule has 0 aromatic heterocycles. The van der Waals surface area contributed by atoms with Crippen LogP contribution in [0.5, 0.6) is 0 Å². The Labute approximate surface area is 178 Å². The topological polar surface area (TPSA) is 32.7 Å². The Hall–Kier alpha value is -1.32. The molecule has 2 fully saturated rings. The van der Waals surface area contributed by atoms with Crippen molar-refractivity contribution in [2.75, 3.05) is 6.54 Å². The van der Waals surface area contributed by atoms with Crippen LogP contribution in [0.2, 0.25) is 0 Å². The van der Waals surface area contributed by atoms with Crippen molar-refractivity contribution in [1.82, 2.24) is 4.90 Å². The van der Waals surface area contributed by atoms with Gasteiger partial charge in [0.05, 0.1) is 17.8 Å². The molecule has 3 nitrogen and oxygen atoms in total. The third kappa shape index (κ3) is 7.08. The van der Waals surface area contributed by atoms with Gasteiger partial charge in [-0.3, -0.25) is 4.90 Å². The van der Waals surface area contributed by atoms with Crippen molar-refractivity contribution in [1.29, 1.82) is 0 Å². The van der Waals surface area contributed by atoms with E-state index in [1.54, 1.807) is 0 Å². The Bertz CT molecular complexity index is 702. The van der Waals surface area contributed by atoms with E-state index in [1.165, 1.54) is 17.0 Å². The molecule has 3 atom stereocenters. The highest BCUT2D eigenvalue weighted by Crippen LogP contribution is 2.33. The Kier molecular flexibility index (Phi) is 7.91. The molecular formula is C22H29F6NO2. The number of hydrogen-bond acceptors (Lipinski definition) is 3. The second kappa shape index (κ2) is 10.1. The molecule has 176 valence electrons. The lowest BCUT2D eigenvalue weighted by atomic mass is 9.90. The van der Waals surface area contributed by atoms with Gasteiger partial charge in [-0.2, -0.15) is 26.3 Å². The number of rotatable bonds is 7. The average molecular weight is 453 g/mol. The van der Waals surface area contributed by atoms with E-state index >= 15 is 0 Å². The summed E-state index contributed by atoms with van der Waals surface area (Å²) in [5.41, 5.74) is -0.574. The van der Waals surface area contributed by atoms with E-state index in [0.29, 0.717) is 12.8 Å². The van der Waals surface area contributed by atoms with Crippen LogP contribution >= 0.6 is 0 Å². The molecule has 0 aliphatic heterocycles. The highest BCUT2D eigenvalue weighted by Gasteiger charge is 2.41. The van der Waals surface area contributed by atoms with Gasteiger partial charge in [-0.25, -0.2) is 0 Å². The Morgan fingerprint density at radius 1 is 0.968 bits per heavy atom. The molecule has 0 spiro atoms. The van der Waals surface area contributed by atoms with Crippen LogP contribution in [-0.2, 0) is 17.5 Å². The normalized spacial score (nSPS) is 24.6. The molecule has 2 aliphatic carbocycles. The van der Waals surface area contributed by atoms with Crippen molar-refractivity contribution in [2.24, 2.45) is 0 Å². The zero-order valence-corrected chi connectivity index (χ0v) is 17.3. The first-order valence-corrected chi connectivity index (χ1v) is 10.8. The maximum atomic E-state index is 13.1. The van der Waals surface area contributed by atoms with Crippen LogP contribution in [0.15, 0.2) is 24.3 Å². The van der Waals surface area contributed by atoms with Gasteiger partial charge in [-0.15, -0.1) is 0 Å². The maximum Gasteiger partial charge on any atom is 0.416 e. The van der Waals surface area contributed by atoms with Crippen molar-refractivity contribution >= 4 is 0 Å². The average Bonchev–Trinajstić information content (AvgIpc) is 3.19. The largest absolute Gasteiger partial charge is 0.416 e. The van der Waals surface area contributed by atoms with E-state index < -0.39 is 30.6 Å². The summed E-state index contributed by atoms with van der Waals surface area (Å²) in [6.07, 6.45) is -4.85. The van der Waals surface area contributed by atoms with Gasteiger partial charge in [-0.05, 0) is 50.2 Å². The van der Waals surface area contributed by atoms with E-state index in [9.17, 15) is 31.4 Å². The van der Waals surface area contributed by atoms with E-state index in [1.807, 2.05) is 0 Å². The SMILES string of the molecule is OC(CN(Cc1cccc(C(F)(F)F)c1)C1CCCC(OC2CCCC2)C1)C(F)(F)F. The molecule has 0 saturated heterocycles. The lowest BCUT2D eigenvalue weighted by Crippen LogP contribution is -2.47. The van der Waals surface area contributed by atoms with Crippen LogP contribution in [0.1, 0.15) is 62.5 Å². The lowest BCUT2D eigenvalue weighted by molar-refractivity contribution is -0.210. The van der Waals surface area contributed by atoms with Crippen molar-refractivity contribution in [3.05, 3.63) is 35.4 Å². The van der Waals surface area contributed by atoms with E-state index in [-0.39, 0.29) is 30.4 Å². The number of ether oxygens (including phenoxy) is 1. The fraction of sp³-hybridized carbons (Fsp3) is 0.727. The number of alkyl halides is 6. The number of aliphatic hydroxyl groups is 1. The minimum Gasteiger partial charge on any atom is -0.382 e. The predicted molar refractivity (Wildman–Crippen MR) is 103 cm³/mol. The predicted octanol–water partition coefficient (Wildman–Crippen LogP) is 5.70. The van der Waals surface area contributed by atoms with Gasteiger partial charge in [-0.1, -0.05) is 31.0 Å². The van der Waals surface area contributed by atoms with Crippen LogP contribution in [0.25, 0.3) is 0 Å². The van der Waals surface area contributed by atoms with Gasteiger partial charge in [0.2, 0.25) is 0 Å². The monoisotopic (exact) mass is 453 g/mol. The summed E-state index contributed by atoms with van der Waals surface area (Å²) in [5, 5.41) is 9.67. The second-order valence-electron chi connectivity index (χ2n) is 8.67. The third-order valence-corrected chi connectivity index (χ3v) is 6.23. The highest BCUT2D eigenvalue weighted by molar-refractivity contribution is 5.25. The Morgan fingerprint density at radius 2 is 1.65 bits per heavy atom. The quantitative estimate of drug-likeness (QED) is 0.538. The first-order chi connectivity index (χ1) is 14.5. The van der Waals surface area contributed by atoms with Gasteiger partial charge < -0.3 is 9.84 Å². The molecule has 3 rings (SSSR count). The number of hydrogen-bond donors (Lipinski definition) is 1. The molecule has 1 N–H and O–H groups in total. The first-order valence-electron chi connectivity index (χ1n) is 10.8. The van der Waals surface area contributed by atoms with E-state index in [0.717, 1.165) is 50.7 Å². The van der Waals surface area contributed by atoms with Gasteiger partial charge in [0.25, 0.3) is 0 Å². The van der Waals surface area contributed by atoms with Crippen LogP contribution in [0.4, 0.5) is 26.3 Å². The lowest BCUT2D eigenvalue weighted by Gasteiger charge is -2.39. The maximum absolute atomic E-state index is 13.1. The molecule has 9 heteroatoms. The standard InChI is InChI=1S/C22H29F6NO2/c23-21(24,25)16-6-3-5-15(11-16)13-29(14-20(30)22(26,27)28)17-7-4-10-19(12-17)31-18-8-1-2-9-18/h3,5-6,11,17-20,30H,1-2,4,7-10,12-14H2. The van der Waals surface area contributed by atoms with Gasteiger partial charge >= 0.3 is 12.4 Å². The van der Waals surface area contributed by atoms with Crippen LogP contribution < -0.4 is 0 Å². The minimum atomic E-state index is -4.79. The number of benzene rings is 1. The summed E-state index contributed by atoms with van der Waals surface area (Å²) in [5.74, 6) is 0. The van der Waals surface area contributed by atoms with E-state index in [4.69, 9.17) is 4.74 Å². The Morgan fingerprint density at radius 3 is 2.29 bits per heavy atom. The molecule has 0 amide bonds. The highest BCUT2D eigenvalue weighted by atomic mass is 19.4. The summed E-state index contributed by atoms with van der Waals surface area (Å²) in [6, 6.07) is 4.32. The molecular weight excluding hydrogens is 424 g/mol. The molecule has 31 heavy (non-hydrogen) atoms. The van der Waals surface area contributed by atoms with E-state index in [2.05, 4.69) is 0 Å². The van der Waals surface area contributed by atoms with Gasteiger partial charge in [0.15, 0.2) is 6.10 Å². The first kappa shape index (κ1) is 24.3. The van der Waals surface area contributed by atoms with Crippen molar-refractivity contribution in [2.45, 2.75) is 94.6 Å². The van der Waals surface area contributed by atoms with Crippen molar-refractivity contribution < 1.29 is 36.2 Å². The summed E-state index contributed by atoms with van der Waals surface area (Å²) >= 11 is 0. The molecule has 0 heterocycles. The molecule has 1 aromatic rings. The molecule has 1 aromatic carbocycles. The summed E-state index contributed by atoms with van der Waals surface area (Å²) in [4.78, 5) is 1.47. The van der Waals surface area contributed by atoms with Crippen molar-refractivity contribution in [3.8, 4) is 0 Å².